The van der Waals surface area contributed by atoms with Crippen LogP contribution < -0.4 is 4.74 Å². The molecule has 3 heteroatoms. The Bertz CT molecular complexity index is 627. The van der Waals surface area contributed by atoms with Crippen molar-refractivity contribution >= 4 is 0 Å². The van der Waals surface area contributed by atoms with E-state index >= 15 is 0 Å². The maximum absolute atomic E-state index is 9.25. The van der Waals surface area contributed by atoms with E-state index < -0.39 is 0 Å². The van der Waals surface area contributed by atoms with Crippen LogP contribution in [0.25, 0.3) is 0 Å². The first-order valence-corrected chi connectivity index (χ1v) is 6.19. The number of hydrogen-bond donors (Lipinski definition) is 0. The van der Waals surface area contributed by atoms with Gasteiger partial charge in [-0.1, -0.05) is 24.3 Å². The molecule has 0 fully saturated rings. The van der Waals surface area contributed by atoms with Gasteiger partial charge >= 0.3 is 0 Å². The predicted octanol–water partition coefficient (Wildman–Crippen LogP) is 3.63. The summed E-state index contributed by atoms with van der Waals surface area (Å²) < 4.78 is 5.87. The van der Waals surface area contributed by atoms with Crippen molar-refractivity contribution in [3.63, 3.8) is 0 Å². The maximum atomic E-state index is 9.25. The van der Waals surface area contributed by atoms with Crippen LogP contribution in [0.4, 0.5) is 0 Å². The van der Waals surface area contributed by atoms with E-state index in [9.17, 15) is 5.26 Å². The van der Waals surface area contributed by atoms with Crippen LogP contribution in [0.15, 0.2) is 41.7 Å². The first-order valence-electron chi connectivity index (χ1n) is 6.19. The maximum Gasteiger partial charge on any atom is 0.145 e. The molecule has 0 aliphatic heterocycles. The molecule has 0 unspecified atom stereocenters. The third-order valence-corrected chi connectivity index (χ3v) is 3.07. The van der Waals surface area contributed by atoms with E-state index in [0.29, 0.717) is 16.9 Å². The van der Waals surface area contributed by atoms with Crippen LogP contribution in [-0.2, 0) is 6.42 Å². The summed E-state index contributed by atoms with van der Waals surface area (Å²) in [6, 6.07) is 9.59. The second-order valence-corrected chi connectivity index (χ2v) is 4.39. The molecule has 2 rings (SSSR count). The number of hydrogen-bond acceptors (Lipinski definition) is 3. The molecule has 0 amide bonds. The van der Waals surface area contributed by atoms with Gasteiger partial charge in [0.25, 0.3) is 0 Å². The van der Waals surface area contributed by atoms with Crippen LogP contribution in [0.3, 0.4) is 0 Å². The van der Waals surface area contributed by atoms with Crippen molar-refractivity contribution in [2.75, 3.05) is 0 Å². The highest BCUT2D eigenvalue weighted by molar-refractivity contribution is 5.50. The first-order chi connectivity index (χ1) is 9.26. The fourth-order valence-electron chi connectivity index (χ4n) is 2.05. The Morgan fingerprint density at radius 1 is 1.32 bits per heavy atom. The summed E-state index contributed by atoms with van der Waals surface area (Å²) in [6.07, 6.45) is 6.16. The number of ether oxygens (including phenoxy) is 1. The standard InChI is InChI=1S/C16H14N2O/c1-12-5-2-3-7-15(12)19-16-8-4-6-13(9-10-17)14(16)11-18/h2,4-6,8H,3,7,9H2,1H3. The summed E-state index contributed by atoms with van der Waals surface area (Å²) in [4.78, 5) is 0. The van der Waals surface area contributed by atoms with Crippen LogP contribution in [-0.4, -0.2) is 0 Å². The Balaban J connectivity index is 2.36. The van der Waals surface area contributed by atoms with Crippen LogP contribution in [0.2, 0.25) is 0 Å². The molecule has 0 spiro atoms. The Labute approximate surface area is 113 Å². The zero-order valence-corrected chi connectivity index (χ0v) is 10.8. The molecule has 0 N–H and O–H groups in total. The molecule has 1 aliphatic carbocycles. The van der Waals surface area contributed by atoms with Gasteiger partial charge in [0.2, 0.25) is 0 Å². The largest absolute Gasteiger partial charge is 0.460 e. The van der Waals surface area contributed by atoms with Gasteiger partial charge < -0.3 is 4.74 Å². The van der Waals surface area contributed by atoms with Gasteiger partial charge in [-0.05, 0) is 30.5 Å². The Morgan fingerprint density at radius 2 is 2.16 bits per heavy atom. The normalized spacial score (nSPS) is 13.8. The summed E-state index contributed by atoms with van der Waals surface area (Å²) in [5.74, 6) is 1.44. The quantitative estimate of drug-likeness (QED) is 0.823. The van der Waals surface area contributed by atoms with Crippen LogP contribution in [0.1, 0.15) is 30.9 Å². The van der Waals surface area contributed by atoms with Crippen LogP contribution >= 0.6 is 0 Å². The zero-order valence-electron chi connectivity index (χ0n) is 10.8. The van der Waals surface area contributed by atoms with E-state index in [1.807, 2.05) is 19.1 Å². The predicted molar refractivity (Wildman–Crippen MR) is 72.2 cm³/mol. The molecule has 0 saturated heterocycles. The van der Waals surface area contributed by atoms with Gasteiger partial charge in [-0.3, -0.25) is 0 Å². The molecule has 1 aliphatic rings. The summed E-state index contributed by atoms with van der Waals surface area (Å²) in [6.45, 7) is 2.00. The van der Waals surface area contributed by atoms with Gasteiger partial charge in [0, 0.05) is 6.42 Å². The van der Waals surface area contributed by atoms with E-state index in [0.717, 1.165) is 24.2 Å². The molecule has 1 aromatic carbocycles. The molecule has 0 heterocycles. The molecule has 0 radical (unpaired) electrons. The van der Waals surface area contributed by atoms with Gasteiger partial charge in [0.1, 0.15) is 17.6 Å². The lowest BCUT2D eigenvalue weighted by Crippen LogP contribution is -2.03. The number of rotatable bonds is 3. The van der Waals surface area contributed by atoms with Crippen molar-refractivity contribution in [3.8, 4) is 17.9 Å². The monoisotopic (exact) mass is 250 g/mol. The number of nitrogens with zero attached hydrogens (tertiary/aromatic N) is 2. The van der Waals surface area contributed by atoms with Crippen molar-refractivity contribution in [2.45, 2.75) is 26.2 Å². The summed E-state index contributed by atoms with van der Waals surface area (Å²) in [7, 11) is 0. The topological polar surface area (TPSA) is 56.8 Å². The van der Waals surface area contributed by atoms with Gasteiger partial charge in [-0.2, -0.15) is 10.5 Å². The Kier molecular flexibility index (Phi) is 4.00. The smallest absolute Gasteiger partial charge is 0.145 e. The summed E-state index contributed by atoms with van der Waals surface area (Å²) >= 11 is 0. The van der Waals surface area contributed by atoms with E-state index in [4.69, 9.17) is 10.00 Å². The van der Waals surface area contributed by atoms with E-state index in [-0.39, 0.29) is 6.42 Å². The molecule has 0 atom stereocenters. The molecular formula is C16H14N2O. The molecule has 19 heavy (non-hydrogen) atoms. The van der Waals surface area contributed by atoms with E-state index in [1.165, 1.54) is 0 Å². The Morgan fingerprint density at radius 3 is 2.84 bits per heavy atom. The SMILES string of the molecule is CC1=C(Oc2cccc(CC#N)c2C#N)CCC=C1. The lowest BCUT2D eigenvalue weighted by atomic mass is 10.0. The fraction of sp³-hybridized carbons (Fsp3) is 0.250. The van der Waals surface area contributed by atoms with E-state index in [1.54, 1.807) is 12.1 Å². The van der Waals surface area contributed by atoms with E-state index in [2.05, 4.69) is 18.2 Å². The number of benzene rings is 1. The highest BCUT2D eigenvalue weighted by Gasteiger charge is 2.13. The molecular weight excluding hydrogens is 236 g/mol. The minimum absolute atomic E-state index is 0.220. The molecule has 0 bridgehead atoms. The van der Waals surface area contributed by atoms with Gasteiger partial charge in [0.05, 0.1) is 18.1 Å². The zero-order chi connectivity index (χ0) is 13.7. The molecule has 1 aromatic rings. The van der Waals surface area contributed by atoms with Crippen molar-refractivity contribution in [2.24, 2.45) is 0 Å². The minimum Gasteiger partial charge on any atom is -0.460 e. The molecule has 94 valence electrons. The second-order valence-electron chi connectivity index (χ2n) is 4.39. The Hall–Kier alpha value is -2.52. The van der Waals surface area contributed by atoms with Crippen molar-refractivity contribution in [1.82, 2.24) is 0 Å². The van der Waals surface area contributed by atoms with Crippen molar-refractivity contribution in [3.05, 3.63) is 52.8 Å². The van der Waals surface area contributed by atoms with Gasteiger partial charge in [-0.25, -0.2) is 0 Å². The lowest BCUT2D eigenvalue weighted by Gasteiger charge is -2.16. The van der Waals surface area contributed by atoms with Gasteiger partial charge in [-0.15, -0.1) is 0 Å². The lowest BCUT2D eigenvalue weighted by molar-refractivity contribution is 0.396. The average molecular weight is 250 g/mol. The third kappa shape index (κ3) is 2.84. The summed E-state index contributed by atoms with van der Waals surface area (Å²) in [5, 5.41) is 18.0. The average Bonchev–Trinajstić information content (AvgIpc) is 2.42. The highest BCUT2D eigenvalue weighted by atomic mass is 16.5. The molecule has 0 aromatic heterocycles. The van der Waals surface area contributed by atoms with Crippen LogP contribution in [0, 0.1) is 22.7 Å². The van der Waals surface area contributed by atoms with Crippen molar-refractivity contribution in [1.29, 1.82) is 10.5 Å². The highest BCUT2D eigenvalue weighted by Crippen LogP contribution is 2.28. The summed E-state index contributed by atoms with van der Waals surface area (Å²) in [5.41, 5.74) is 2.26. The first kappa shape index (κ1) is 12.9. The third-order valence-electron chi connectivity index (χ3n) is 3.07. The fourth-order valence-corrected chi connectivity index (χ4v) is 2.05. The minimum atomic E-state index is 0.220. The number of nitriles is 2. The van der Waals surface area contributed by atoms with Crippen LogP contribution in [0.5, 0.6) is 5.75 Å². The number of allylic oxidation sites excluding steroid dienone is 4. The second kappa shape index (κ2) is 5.89. The molecule has 3 nitrogen and oxygen atoms in total. The van der Waals surface area contributed by atoms with Gasteiger partial charge in [0.15, 0.2) is 0 Å². The van der Waals surface area contributed by atoms with Crippen molar-refractivity contribution < 1.29 is 4.74 Å². The molecule has 0 saturated carbocycles.